The number of nitrogens with zero attached hydrogens (tertiary/aromatic N) is 3. The number of hydrogen-bond acceptors (Lipinski definition) is 5. The minimum absolute atomic E-state index is 0.207. The fourth-order valence-corrected chi connectivity index (χ4v) is 9.94. The number of nitrogens with one attached hydrogen (secondary N) is 2. The lowest BCUT2D eigenvalue weighted by atomic mass is 10.1. The third-order valence-corrected chi connectivity index (χ3v) is 14.7. The largest absolute Gasteiger partial charge is 0.357 e. The maximum Gasteiger partial charge on any atom is 0.236 e. The van der Waals surface area contributed by atoms with Crippen LogP contribution in [0.2, 0.25) is 0 Å². The van der Waals surface area contributed by atoms with Crippen LogP contribution in [0.4, 0.5) is 0 Å². The zero-order valence-corrected chi connectivity index (χ0v) is 49.1. The van der Waals surface area contributed by atoms with E-state index in [0.29, 0.717) is 26.0 Å². The molecule has 7 nitrogen and oxygen atoms in total. The second-order valence-corrected chi connectivity index (χ2v) is 21.8. The number of carbonyl (C=O) groups excluding carboxylic acids is 2. The summed E-state index contributed by atoms with van der Waals surface area (Å²) in [7, 11) is 0. The molecular weight excluding hydrogens is 859 g/mol. The van der Waals surface area contributed by atoms with Crippen molar-refractivity contribution in [3.8, 4) is 0 Å². The van der Waals surface area contributed by atoms with Gasteiger partial charge in [0.1, 0.15) is 0 Å². The van der Waals surface area contributed by atoms with Crippen LogP contribution in [0, 0.1) is 0 Å². The average Bonchev–Trinajstić information content (AvgIpc) is 3.36. The van der Waals surface area contributed by atoms with Crippen molar-refractivity contribution < 1.29 is 9.59 Å². The van der Waals surface area contributed by atoms with Crippen LogP contribution in [-0.2, 0) is 9.59 Å². The van der Waals surface area contributed by atoms with Gasteiger partial charge in [0.2, 0.25) is 12.3 Å². The highest BCUT2D eigenvalue weighted by Crippen LogP contribution is 2.15. The Morgan fingerprint density at radius 3 is 0.914 bits per heavy atom. The first-order valence-electron chi connectivity index (χ1n) is 32.1. The van der Waals surface area contributed by atoms with Crippen molar-refractivity contribution in [2.24, 2.45) is 0 Å². The van der Waals surface area contributed by atoms with E-state index >= 15 is 0 Å². The van der Waals surface area contributed by atoms with Gasteiger partial charge in [-0.15, -0.1) is 0 Å². The molecule has 0 spiro atoms. The Labute approximate surface area is 441 Å². The minimum Gasteiger partial charge on any atom is -0.357 e. The average molecular weight is 991 g/mol. The van der Waals surface area contributed by atoms with E-state index in [0.717, 1.165) is 26.1 Å². The van der Waals surface area contributed by atoms with Gasteiger partial charge in [0.15, 0.2) is 0 Å². The van der Waals surface area contributed by atoms with E-state index < -0.39 is 0 Å². The van der Waals surface area contributed by atoms with Gasteiger partial charge in [-0.05, 0) is 71.2 Å². The quantitative estimate of drug-likeness (QED) is 0.0469. The highest BCUT2D eigenvalue weighted by molar-refractivity contribution is 5.78. The first-order chi connectivity index (χ1) is 34.5. The summed E-state index contributed by atoms with van der Waals surface area (Å²) >= 11 is 0. The fraction of sp³-hybridized carbons (Fsp3) is 0.968. The van der Waals surface area contributed by atoms with Crippen LogP contribution < -0.4 is 10.6 Å². The third-order valence-electron chi connectivity index (χ3n) is 14.7. The molecule has 0 fully saturated rings. The van der Waals surface area contributed by atoms with Crippen LogP contribution >= 0.6 is 0 Å². The van der Waals surface area contributed by atoms with Crippen molar-refractivity contribution in [2.45, 2.75) is 324 Å². The van der Waals surface area contributed by atoms with Crippen molar-refractivity contribution in [2.75, 3.05) is 72.0 Å². The van der Waals surface area contributed by atoms with Crippen LogP contribution in [0.15, 0.2) is 0 Å². The van der Waals surface area contributed by atoms with Crippen LogP contribution in [0.25, 0.3) is 0 Å². The normalized spacial score (nSPS) is 11.4. The van der Waals surface area contributed by atoms with Crippen LogP contribution in [0.5, 0.6) is 0 Å². The number of unbranched alkanes of at least 4 members (excludes halogenated alkanes) is 38. The Morgan fingerprint density at radius 1 is 0.300 bits per heavy atom. The van der Waals surface area contributed by atoms with E-state index in [4.69, 9.17) is 0 Å². The molecule has 0 unspecified atom stereocenters. The van der Waals surface area contributed by atoms with Crippen LogP contribution in [-0.4, -0.2) is 99.0 Å². The van der Waals surface area contributed by atoms with Crippen molar-refractivity contribution in [3.63, 3.8) is 0 Å². The summed E-state index contributed by atoms with van der Waals surface area (Å²) in [5.41, 5.74) is 0. The molecule has 0 saturated carbocycles. The first-order valence-corrected chi connectivity index (χ1v) is 32.1. The number of carbonyl (C=O) groups is 2. The lowest BCUT2D eigenvalue weighted by Crippen LogP contribution is -2.44. The van der Waals surface area contributed by atoms with Crippen LogP contribution in [0.3, 0.4) is 0 Å². The Bertz CT molecular complexity index is 943. The molecule has 0 aromatic carbocycles. The van der Waals surface area contributed by atoms with Gasteiger partial charge in [0, 0.05) is 32.7 Å². The predicted molar refractivity (Wildman–Crippen MR) is 314 cm³/mol. The summed E-state index contributed by atoms with van der Waals surface area (Å²) in [6, 6.07) is 0. The summed E-state index contributed by atoms with van der Waals surface area (Å²) in [4.78, 5) is 30.5. The molecule has 2 N–H and O–H groups in total. The van der Waals surface area contributed by atoms with Crippen molar-refractivity contribution in [3.05, 3.63) is 0 Å². The van der Waals surface area contributed by atoms with Gasteiger partial charge in [-0.25, -0.2) is 0 Å². The third kappa shape index (κ3) is 57.7. The second kappa shape index (κ2) is 63.9. The molecule has 7 heteroatoms. The smallest absolute Gasteiger partial charge is 0.236 e. The SMILES string of the molecule is CCCCCCCCCCCCNCCN(CCCCCCCCCCCC)CCCCCCCCCCCC.CCCCCCCCCN(CCCCCCCC)CC(=O)N(CCC)CCNC=O. The van der Waals surface area contributed by atoms with Crippen molar-refractivity contribution >= 4 is 12.3 Å². The maximum atomic E-state index is 12.9. The topological polar surface area (TPSA) is 67.9 Å². The fourth-order valence-electron chi connectivity index (χ4n) is 9.94. The minimum atomic E-state index is 0.207. The molecule has 0 atom stereocenters. The molecule has 0 heterocycles. The predicted octanol–water partition coefficient (Wildman–Crippen LogP) is 18.0. The van der Waals surface area contributed by atoms with E-state index in [2.05, 4.69) is 62.0 Å². The number of rotatable bonds is 59. The Balaban J connectivity index is 0. The molecule has 0 aliphatic heterocycles. The summed E-state index contributed by atoms with van der Waals surface area (Å²) < 4.78 is 0. The van der Waals surface area contributed by atoms with E-state index in [9.17, 15) is 9.59 Å². The number of hydrogen-bond donors (Lipinski definition) is 2. The molecule has 0 radical (unpaired) electrons. The van der Waals surface area contributed by atoms with Gasteiger partial charge >= 0.3 is 0 Å². The lowest BCUT2D eigenvalue weighted by Gasteiger charge is -2.27. The van der Waals surface area contributed by atoms with Gasteiger partial charge in [-0.2, -0.15) is 0 Å². The summed E-state index contributed by atoms with van der Waals surface area (Å²) in [5.74, 6) is 0.207. The molecule has 0 rings (SSSR count). The molecule has 0 aliphatic carbocycles. The molecule has 2 amide bonds. The first kappa shape index (κ1) is 70.9. The molecule has 0 saturated heterocycles. The molecule has 0 aromatic rings. The highest BCUT2D eigenvalue weighted by atomic mass is 16.2. The highest BCUT2D eigenvalue weighted by Gasteiger charge is 2.17. The summed E-state index contributed by atoms with van der Waals surface area (Å²) in [6.07, 6.45) is 61.7. The molecule has 420 valence electrons. The molecule has 70 heavy (non-hydrogen) atoms. The molecule has 0 bridgehead atoms. The van der Waals surface area contributed by atoms with Crippen molar-refractivity contribution in [1.82, 2.24) is 25.3 Å². The Morgan fingerprint density at radius 2 is 0.600 bits per heavy atom. The maximum absolute atomic E-state index is 12.9. The van der Waals surface area contributed by atoms with E-state index in [-0.39, 0.29) is 5.91 Å². The van der Waals surface area contributed by atoms with Gasteiger partial charge in [0.25, 0.3) is 0 Å². The molecule has 0 aromatic heterocycles. The van der Waals surface area contributed by atoms with Crippen LogP contribution in [0.1, 0.15) is 324 Å². The second-order valence-electron chi connectivity index (χ2n) is 21.8. The molecule has 0 aliphatic rings. The zero-order valence-electron chi connectivity index (χ0n) is 49.1. The molecular formula is C63H131N5O2. The summed E-state index contributed by atoms with van der Waals surface area (Å²) in [5, 5.41) is 6.46. The number of amides is 2. The van der Waals surface area contributed by atoms with Gasteiger partial charge < -0.3 is 20.4 Å². The van der Waals surface area contributed by atoms with E-state index in [1.807, 2.05) is 4.90 Å². The summed E-state index contributed by atoms with van der Waals surface area (Å²) in [6.45, 7) is 24.3. The standard InChI is InChI=1S/C38H80N2.C25H51N3O2/c1-4-7-10-13-16-19-22-25-28-31-34-39-35-38-40(36-32-29-26-23-20-17-14-11-8-5-2)37-33-30-27-24-21-18-15-12-9-6-3;1-4-7-9-11-13-15-17-21-27(20-16-14-12-10-8-5-2)23-25(30)28(19-6-3)22-18-26-24-29/h39H,4-38H2,1-3H3;24H,4-23H2,1-3H3,(H,26,29). The van der Waals surface area contributed by atoms with E-state index in [1.165, 1.54) is 309 Å². The Kier molecular flexibility index (Phi) is 64.8. The van der Waals surface area contributed by atoms with E-state index in [1.54, 1.807) is 0 Å². The van der Waals surface area contributed by atoms with Crippen molar-refractivity contribution in [1.29, 1.82) is 0 Å². The monoisotopic (exact) mass is 990 g/mol. The zero-order chi connectivity index (χ0) is 51.3. The van der Waals surface area contributed by atoms with Gasteiger partial charge in [-0.1, -0.05) is 286 Å². The van der Waals surface area contributed by atoms with Gasteiger partial charge in [0.05, 0.1) is 6.54 Å². The Hall–Kier alpha value is -1.18. The lowest BCUT2D eigenvalue weighted by molar-refractivity contribution is -0.132. The van der Waals surface area contributed by atoms with Gasteiger partial charge in [-0.3, -0.25) is 14.5 Å².